The van der Waals surface area contributed by atoms with E-state index in [1.165, 1.54) is 12.8 Å². The third kappa shape index (κ3) is 0.867. The molecule has 58 valence electrons. The average Bonchev–Trinajstić information content (AvgIpc) is 2.44. The van der Waals surface area contributed by atoms with E-state index in [-0.39, 0.29) is 6.10 Å². The number of ether oxygens (including phenoxy) is 1. The minimum Gasteiger partial charge on any atom is -0.393 e. The molecule has 1 N–H and O–H groups in total. The van der Waals surface area contributed by atoms with Gasteiger partial charge in [-0.15, -0.1) is 0 Å². The summed E-state index contributed by atoms with van der Waals surface area (Å²) < 4.78 is 5.59. The smallest absolute Gasteiger partial charge is 0.0633 e. The molecule has 0 aliphatic carbocycles. The van der Waals surface area contributed by atoms with Crippen molar-refractivity contribution in [3.05, 3.63) is 0 Å². The van der Waals surface area contributed by atoms with Crippen molar-refractivity contribution in [3.8, 4) is 0 Å². The molecule has 2 saturated heterocycles. The van der Waals surface area contributed by atoms with E-state index in [2.05, 4.69) is 0 Å². The van der Waals surface area contributed by atoms with Crippen LogP contribution < -0.4 is 0 Å². The highest BCUT2D eigenvalue weighted by Gasteiger charge is 2.42. The van der Waals surface area contributed by atoms with Crippen molar-refractivity contribution in [2.75, 3.05) is 0 Å². The molecule has 2 heteroatoms. The Morgan fingerprint density at radius 2 is 2.30 bits per heavy atom. The fourth-order valence-corrected chi connectivity index (χ4v) is 2.18. The second-order valence-corrected chi connectivity index (χ2v) is 3.51. The molecule has 2 aliphatic rings. The summed E-state index contributed by atoms with van der Waals surface area (Å²) in [5.41, 5.74) is 0. The maximum atomic E-state index is 9.29. The Morgan fingerprint density at radius 3 is 2.60 bits per heavy atom. The quantitative estimate of drug-likeness (QED) is 0.590. The molecule has 0 amide bonds. The summed E-state index contributed by atoms with van der Waals surface area (Å²) in [4.78, 5) is 0. The zero-order valence-corrected chi connectivity index (χ0v) is 6.29. The monoisotopic (exact) mass is 142 g/mol. The molecule has 2 fully saturated rings. The van der Waals surface area contributed by atoms with E-state index in [1.807, 2.05) is 6.92 Å². The van der Waals surface area contributed by atoms with E-state index in [1.54, 1.807) is 0 Å². The Balaban J connectivity index is 2.02. The third-order valence-electron chi connectivity index (χ3n) is 2.77. The van der Waals surface area contributed by atoms with Gasteiger partial charge in [-0.25, -0.2) is 0 Å². The van der Waals surface area contributed by atoms with Gasteiger partial charge in [0.15, 0.2) is 0 Å². The van der Waals surface area contributed by atoms with Crippen molar-refractivity contribution in [2.45, 2.75) is 44.5 Å². The van der Waals surface area contributed by atoms with Crippen LogP contribution in [0.1, 0.15) is 26.2 Å². The molecule has 4 atom stereocenters. The lowest BCUT2D eigenvalue weighted by Gasteiger charge is -2.20. The van der Waals surface area contributed by atoms with Crippen LogP contribution in [-0.4, -0.2) is 23.4 Å². The molecule has 0 aromatic heterocycles. The third-order valence-corrected chi connectivity index (χ3v) is 2.77. The van der Waals surface area contributed by atoms with Gasteiger partial charge in [-0.05, 0) is 26.2 Å². The minimum atomic E-state index is -0.171. The summed E-state index contributed by atoms with van der Waals surface area (Å²) in [5.74, 6) is 0.429. The molecule has 0 aromatic carbocycles. The molecule has 10 heavy (non-hydrogen) atoms. The van der Waals surface area contributed by atoms with Crippen molar-refractivity contribution in [2.24, 2.45) is 5.92 Å². The number of hydrogen-bond donors (Lipinski definition) is 1. The number of aliphatic hydroxyl groups is 1. The maximum absolute atomic E-state index is 9.29. The standard InChI is InChI=1S/C8H14O2/c1-5(9)7-4-6-2-3-8(7)10-6/h5-9H,2-4H2,1H3/t5-,6?,7?,8?/m0/s1. The lowest BCUT2D eigenvalue weighted by molar-refractivity contribution is 0.0512. The van der Waals surface area contributed by atoms with Crippen LogP contribution in [0.5, 0.6) is 0 Å². The average molecular weight is 142 g/mol. The summed E-state index contributed by atoms with van der Waals surface area (Å²) in [6.45, 7) is 1.87. The topological polar surface area (TPSA) is 29.5 Å². The van der Waals surface area contributed by atoms with Crippen LogP contribution in [0.15, 0.2) is 0 Å². The first-order chi connectivity index (χ1) is 4.77. The number of hydrogen-bond acceptors (Lipinski definition) is 2. The van der Waals surface area contributed by atoms with Gasteiger partial charge < -0.3 is 9.84 Å². The van der Waals surface area contributed by atoms with Crippen LogP contribution in [0, 0.1) is 5.92 Å². The van der Waals surface area contributed by atoms with Gasteiger partial charge in [0.25, 0.3) is 0 Å². The van der Waals surface area contributed by atoms with Gasteiger partial charge in [-0.2, -0.15) is 0 Å². The number of aliphatic hydroxyl groups excluding tert-OH is 1. The lowest BCUT2D eigenvalue weighted by atomic mass is 9.86. The van der Waals surface area contributed by atoms with Crippen LogP contribution in [0.25, 0.3) is 0 Å². The first kappa shape index (κ1) is 6.62. The minimum absolute atomic E-state index is 0.171. The predicted molar refractivity (Wildman–Crippen MR) is 37.7 cm³/mol. The van der Waals surface area contributed by atoms with Crippen molar-refractivity contribution < 1.29 is 9.84 Å². The number of fused-ring (bicyclic) bond motifs is 2. The van der Waals surface area contributed by atoms with Gasteiger partial charge in [0.1, 0.15) is 0 Å². The van der Waals surface area contributed by atoms with Crippen LogP contribution in [-0.2, 0) is 4.74 Å². The normalized spacial score (nSPS) is 48.0. The molecule has 2 bridgehead atoms. The van der Waals surface area contributed by atoms with Gasteiger partial charge in [0.05, 0.1) is 18.3 Å². The zero-order chi connectivity index (χ0) is 7.14. The van der Waals surface area contributed by atoms with Gasteiger partial charge in [0.2, 0.25) is 0 Å². The Bertz CT molecular complexity index is 133. The van der Waals surface area contributed by atoms with E-state index in [4.69, 9.17) is 4.74 Å². The Hall–Kier alpha value is -0.0800. The highest BCUT2D eigenvalue weighted by Crippen LogP contribution is 2.40. The molecule has 0 radical (unpaired) electrons. The molecular weight excluding hydrogens is 128 g/mol. The molecule has 2 rings (SSSR count). The Labute approximate surface area is 61.2 Å². The molecular formula is C8H14O2. The van der Waals surface area contributed by atoms with Crippen molar-refractivity contribution in [1.82, 2.24) is 0 Å². The predicted octanol–water partition coefficient (Wildman–Crippen LogP) is 0.935. The summed E-state index contributed by atoms with van der Waals surface area (Å²) in [6, 6.07) is 0. The van der Waals surface area contributed by atoms with Crippen LogP contribution >= 0.6 is 0 Å². The lowest BCUT2D eigenvalue weighted by Crippen LogP contribution is -2.26. The van der Waals surface area contributed by atoms with Gasteiger partial charge >= 0.3 is 0 Å². The molecule has 0 spiro atoms. The highest BCUT2D eigenvalue weighted by atomic mass is 16.5. The van der Waals surface area contributed by atoms with Gasteiger partial charge in [-0.1, -0.05) is 0 Å². The first-order valence-electron chi connectivity index (χ1n) is 4.11. The second-order valence-electron chi connectivity index (χ2n) is 3.51. The molecule has 2 aliphatic heterocycles. The Morgan fingerprint density at radius 1 is 1.50 bits per heavy atom. The SMILES string of the molecule is C[C@H](O)C1CC2CCC1O2. The molecule has 0 aromatic rings. The first-order valence-corrected chi connectivity index (χ1v) is 4.11. The fraction of sp³-hybridized carbons (Fsp3) is 1.00. The van der Waals surface area contributed by atoms with Gasteiger partial charge in [-0.3, -0.25) is 0 Å². The summed E-state index contributed by atoms with van der Waals surface area (Å²) in [7, 11) is 0. The molecule has 3 unspecified atom stereocenters. The summed E-state index contributed by atoms with van der Waals surface area (Å²) in [6.07, 6.45) is 4.15. The van der Waals surface area contributed by atoms with E-state index in [0.717, 1.165) is 6.42 Å². The Kier molecular flexibility index (Phi) is 1.46. The summed E-state index contributed by atoms with van der Waals surface area (Å²) >= 11 is 0. The van der Waals surface area contributed by atoms with E-state index >= 15 is 0 Å². The fourth-order valence-electron chi connectivity index (χ4n) is 2.18. The van der Waals surface area contributed by atoms with Crippen LogP contribution in [0.4, 0.5) is 0 Å². The largest absolute Gasteiger partial charge is 0.393 e. The zero-order valence-electron chi connectivity index (χ0n) is 6.29. The van der Waals surface area contributed by atoms with Crippen LogP contribution in [0.3, 0.4) is 0 Å². The van der Waals surface area contributed by atoms with Crippen molar-refractivity contribution in [3.63, 3.8) is 0 Å². The number of rotatable bonds is 1. The van der Waals surface area contributed by atoms with Crippen molar-refractivity contribution in [1.29, 1.82) is 0 Å². The van der Waals surface area contributed by atoms with E-state index in [0.29, 0.717) is 18.1 Å². The van der Waals surface area contributed by atoms with E-state index < -0.39 is 0 Å². The molecule has 2 nitrogen and oxygen atoms in total. The van der Waals surface area contributed by atoms with Crippen molar-refractivity contribution >= 4 is 0 Å². The van der Waals surface area contributed by atoms with Crippen LogP contribution in [0.2, 0.25) is 0 Å². The summed E-state index contributed by atoms with van der Waals surface area (Å²) in [5, 5.41) is 9.29. The maximum Gasteiger partial charge on any atom is 0.0633 e. The molecule has 0 saturated carbocycles. The molecule has 2 heterocycles. The van der Waals surface area contributed by atoms with E-state index in [9.17, 15) is 5.11 Å². The second kappa shape index (κ2) is 2.21. The highest BCUT2D eigenvalue weighted by molar-refractivity contribution is 4.91. The van der Waals surface area contributed by atoms with Gasteiger partial charge in [0, 0.05) is 5.92 Å².